The highest BCUT2D eigenvalue weighted by Gasteiger charge is 2.07. The normalized spacial score (nSPS) is 12.5. The molecule has 0 rings (SSSR count). The molecule has 0 saturated heterocycles. The number of carbonyl (C=O) groups excluding carboxylic acids is 1. The summed E-state index contributed by atoms with van der Waals surface area (Å²) in [5.41, 5.74) is 5.04. The Morgan fingerprint density at radius 3 is 1.89 bits per heavy atom. The molecule has 0 saturated carbocycles. The third-order valence-electron chi connectivity index (χ3n) is 2.38. The van der Waals surface area contributed by atoms with Crippen LogP contribution in [-0.4, -0.2) is 58.3 Å². The van der Waals surface area contributed by atoms with Gasteiger partial charge in [0.25, 0.3) is 0 Å². The van der Waals surface area contributed by atoms with Gasteiger partial charge in [-0.25, -0.2) is 0 Å². The minimum atomic E-state index is -0.569. The molecular formula is C13H27NO5. The van der Waals surface area contributed by atoms with Crippen molar-refractivity contribution in [2.24, 2.45) is 5.73 Å². The smallest absolute Gasteiger partial charge is 0.246 e. The number of amides is 1. The second kappa shape index (κ2) is 13.7. The summed E-state index contributed by atoms with van der Waals surface area (Å²) in [6, 6.07) is 0. The van der Waals surface area contributed by atoms with E-state index in [1.54, 1.807) is 6.92 Å². The van der Waals surface area contributed by atoms with Gasteiger partial charge in [0.2, 0.25) is 5.91 Å². The summed E-state index contributed by atoms with van der Waals surface area (Å²) in [6.07, 6.45) is 1.66. The third kappa shape index (κ3) is 13.5. The first-order valence-corrected chi connectivity index (χ1v) is 6.82. The topological polar surface area (TPSA) is 80.0 Å². The van der Waals surface area contributed by atoms with E-state index in [1.165, 1.54) is 0 Å². The molecule has 0 aliphatic carbocycles. The predicted octanol–water partition coefficient (Wildman–Crippen LogP) is 0.727. The van der Waals surface area contributed by atoms with Gasteiger partial charge in [-0.15, -0.1) is 0 Å². The molecule has 6 nitrogen and oxygen atoms in total. The summed E-state index contributed by atoms with van der Waals surface area (Å²) in [4.78, 5) is 10.7. The number of hydrogen-bond donors (Lipinski definition) is 1. The molecule has 0 bridgehead atoms. The van der Waals surface area contributed by atoms with E-state index < -0.39 is 12.0 Å². The quantitative estimate of drug-likeness (QED) is 0.473. The van der Waals surface area contributed by atoms with Crippen LogP contribution >= 0.6 is 0 Å². The van der Waals surface area contributed by atoms with Crippen LogP contribution in [0.15, 0.2) is 0 Å². The largest absolute Gasteiger partial charge is 0.379 e. The van der Waals surface area contributed by atoms with Gasteiger partial charge in [0.15, 0.2) is 0 Å². The van der Waals surface area contributed by atoms with E-state index >= 15 is 0 Å². The molecule has 0 spiro atoms. The van der Waals surface area contributed by atoms with E-state index in [2.05, 4.69) is 6.92 Å². The fourth-order valence-corrected chi connectivity index (χ4v) is 1.15. The van der Waals surface area contributed by atoms with Gasteiger partial charge >= 0.3 is 0 Å². The Morgan fingerprint density at radius 1 is 0.947 bits per heavy atom. The molecule has 0 radical (unpaired) electrons. The Labute approximate surface area is 115 Å². The van der Waals surface area contributed by atoms with Gasteiger partial charge in [0.1, 0.15) is 6.10 Å². The van der Waals surface area contributed by atoms with Gasteiger partial charge in [0.05, 0.1) is 39.6 Å². The Bertz CT molecular complexity index is 213. The molecule has 0 aromatic rings. The number of nitrogens with two attached hydrogens (primary N) is 1. The maximum Gasteiger partial charge on any atom is 0.246 e. The molecule has 2 N–H and O–H groups in total. The molecular weight excluding hydrogens is 250 g/mol. The zero-order chi connectivity index (χ0) is 14.3. The zero-order valence-electron chi connectivity index (χ0n) is 12.1. The SMILES string of the molecule is CCCCOCCOCCOCCOC(C)C(N)=O. The van der Waals surface area contributed by atoms with Gasteiger partial charge in [0, 0.05) is 6.61 Å². The highest BCUT2D eigenvalue weighted by Crippen LogP contribution is 1.90. The molecule has 0 aliphatic rings. The Morgan fingerprint density at radius 2 is 1.42 bits per heavy atom. The first-order valence-electron chi connectivity index (χ1n) is 6.82. The van der Waals surface area contributed by atoms with E-state index in [0.717, 1.165) is 19.4 Å². The minimum absolute atomic E-state index is 0.351. The van der Waals surface area contributed by atoms with Crippen molar-refractivity contribution in [2.45, 2.75) is 32.8 Å². The van der Waals surface area contributed by atoms with Crippen LogP contribution in [0.4, 0.5) is 0 Å². The lowest BCUT2D eigenvalue weighted by Crippen LogP contribution is -2.29. The van der Waals surface area contributed by atoms with Crippen molar-refractivity contribution in [1.82, 2.24) is 0 Å². The average Bonchev–Trinajstić information content (AvgIpc) is 2.39. The monoisotopic (exact) mass is 277 g/mol. The van der Waals surface area contributed by atoms with Gasteiger partial charge in [-0.1, -0.05) is 13.3 Å². The number of rotatable bonds is 14. The van der Waals surface area contributed by atoms with Gasteiger partial charge < -0.3 is 24.7 Å². The molecule has 114 valence electrons. The molecule has 0 aliphatic heterocycles. The third-order valence-corrected chi connectivity index (χ3v) is 2.38. The lowest BCUT2D eigenvalue weighted by Gasteiger charge is -2.09. The van der Waals surface area contributed by atoms with Crippen LogP contribution in [0, 0.1) is 0 Å². The van der Waals surface area contributed by atoms with Gasteiger partial charge in [-0.05, 0) is 13.3 Å². The summed E-state index contributed by atoms with van der Waals surface area (Å²) < 4.78 is 21.0. The second-order valence-corrected chi connectivity index (χ2v) is 4.11. The summed E-state index contributed by atoms with van der Waals surface area (Å²) in [5, 5.41) is 0. The highest BCUT2D eigenvalue weighted by molar-refractivity contribution is 5.78. The summed E-state index contributed by atoms with van der Waals surface area (Å²) in [7, 11) is 0. The van der Waals surface area contributed by atoms with E-state index in [-0.39, 0.29) is 0 Å². The maximum absolute atomic E-state index is 10.7. The lowest BCUT2D eigenvalue weighted by atomic mass is 10.4. The first kappa shape index (κ1) is 18.3. The summed E-state index contributed by atoms with van der Waals surface area (Å²) in [6.45, 7) is 7.56. The van der Waals surface area contributed by atoms with Crippen molar-refractivity contribution in [3.8, 4) is 0 Å². The maximum atomic E-state index is 10.7. The van der Waals surface area contributed by atoms with Crippen molar-refractivity contribution < 1.29 is 23.7 Å². The number of carbonyl (C=O) groups is 1. The average molecular weight is 277 g/mol. The van der Waals surface area contributed by atoms with Crippen LogP contribution in [0.3, 0.4) is 0 Å². The van der Waals surface area contributed by atoms with E-state index in [0.29, 0.717) is 39.6 Å². The van der Waals surface area contributed by atoms with Crippen molar-refractivity contribution >= 4 is 5.91 Å². The predicted molar refractivity (Wildman–Crippen MR) is 72.0 cm³/mol. The first-order chi connectivity index (χ1) is 9.18. The van der Waals surface area contributed by atoms with Crippen LogP contribution in [0.2, 0.25) is 0 Å². The molecule has 0 heterocycles. The zero-order valence-corrected chi connectivity index (χ0v) is 12.1. The van der Waals surface area contributed by atoms with Crippen molar-refractivity contribution in [3.05, 3.63) is 0 Å². The van der Waals surface area contributed by atoms with E-state index in [4.69, 9.17) is 24.7 Å². The van der Waals surface area contributed by atoms with Crippen molar-refractivity contribution in [1.29, 1.82) is 0 Å². The minimum Gasteiger partial charge on any atom is -0.379 e. The fraction of sp³-hybridized carbons (Fsp3) is 0.923. The number of primary amides is 1. The Balaban J connectivity index is 3.05. The number of hydrogen-bond acceptors (Lipinski definition) is 5. The highest BCUT2D eigenvalue weighted by atomic mass is 16.6. The fourth-order valence-electron chi connectivity index (χ4n) is 1.15. The summed E-state index contributed by atoms with van der Waals surface area (Å²) in [5.74, 6) is -0.466. The van der Waals surface area contributed by atoms with Crippen LogP contribution in [0.25, 0.3) is 0 Å². The molecule has 6 heteroatoms. The molecule has 0 aromatic carbocycles. The van der Waals surface area contributed by atoms with Crippen LogP contribution in [-0.2, 0) is 23.7 Å². The summed E-state index contributed by atoms with van der Waals surface area (Å²) >= 11 is 0. The number of ether oxygens (including phenoxy) is 4. The molecule has 1 amide bonds. The molecule has 0 fully saturated rings. The molecule has 19 heavy (non-hydrogen) atoms. The standard InChI is InChI=1S/C13H27NO5/c1-3-4-5-16-6-7-17-8-9-18-10-11-19-12(2)13(14)15/h12H,3-11H2,1-2H3,(H2,14,15). The van der Waals surface area contributed by atoms with Gasteiger partial charge in [-0.3, -0.25) is 4.79 Å². The Hall–Kier alpha value is -0.690. The van der Waals surface area contributed by atoms with Crippen LogP contribution in [0.5, 0.6) is 0 Å². The second-order valence-electron chi connectivity index (χ2n) is 4.11. The van der Waals surface area contributed by atoms with Crippen molar-refractivity contribution in [3.63, 3.8) is 0 Å². The number of unbranched alkanes of at least 4 members (excludes halogenated alkanes) is 1. The van der Waals surface area contributed by atoms with Crippen molar-refractivity contribution in [2.75, 3.05) is 46.2 Å². The molecule has 1 unspecified atom stereocenters. The molecule has 1 atom stereocenters. The van der Waals surface area contributed by atoms with Gasteiger partial charge in [-0.2, -0.15) is 0 Å². The lowest BCUT2D eigenvalue weighted by molar-refractivity contribution is -0.129. The molecule has 0 aromatic heterocycles. The van der Waals surface area contributed by atoms with Crippen LogP contribution in [0.1, 0.15) is 26.7 Å². The Kier molecular flexibility index (Phi) is 13.2. The van der Waals surface area contributed by atoms with E-state index in [1.807, 2.05) is 0 Å². The van der Waals surface area contributed by atoms with Crippen LogP contribution < -0.4 is 5.73 Å². The van der Waals surface area contributed by atoms with E-state index in [9.17, 15) is 4.79 Å².